The number of benzene rings is 2. The van der Waals surface area contributed by atoms with Crippen molar-refractivity contribution in [2.45, 2.75) is 26.2 Å². The highest BCUT2D eigenvalue weighted by atomic mass is 16.6. The predicted octanol–water partition coefficient (Wildman–Crippen LogP) is 2.73. The molecule has 1 fully saturated rings. The van der Waals surface area contributed by atoms with E-state index in [1.54, 1.807) is 18.2 Å². The third-order valence-electron chi connectivity index (χ3n) is 4.81. The maximum atomic E-state index is 12.3. The zero-order valence-corrected chi connectivity index (χ0v) is 16.7. The Bertz CT molecular complexity index is 941. The zero-order chi connectivity index (χ0) is 21.5. The minimum absolute atomic E-state index is 0.0855. The van der Waals surface area contributed by atoms with Gasteiger partial charge < -0.3 is 9.64 Å². The van der Waals surface area contributed by atoms with E-state index in [2.05, 4.69) is 10.9 Å². The van der Waals surface area contributed by atoms with E-state index in [9.17, 15) is 19.7 Å². The van der Waals surface area contributed by atoms with Crippen LogP contribution in [0.15, 0.2) is 42.5 Å². The quantitative estimate of drug-likeness (QED) is 0.557. The highest BCUT2D eigenvalue weighted by molar-refractivity contribution is 5.96. The molecule has 158 valence electrons. The standard InChI is InChI=1S/C21H24N4O5/c1-15-6-5-7-17(12-15)30-14-20(26)22-23-21(27)16-8-9-18(19(13-16)25(28)29)24-10-3-2-4-11-24/h5-9,12-13H,2-4,10-11,14H2,1H3,(H,22,26)(H,23,27). The van der Waals surface area contributed by atoms with Crippen LogP contribution >= 0.6 is 0 Å². The van der Waals surface area contributed by atoms with Gasteiger partial charge in [-0.25, -0.2) is 0 Å². The van der Waals surface area contributed by atoms with Gasteiger partial charge in [0.05, 0.1) is 4.92 Å². The molecule has 0 spiro atoms. The summed E-state index contributed by atoms with van der Waals surface area (Å²) in [7, 11) is 0. The van der Waals surface area contributed by atoms with E-state index in [1.165, 1.54) is 12.1 Å². The van der Waals surface area contributed by atoms with Gasteiger partial charge in [0.2, 0.25) is 0 Å². The number of hydrogen-bond acceptors (Lipinski definition) is 6. The van der Waals surface area contributed by atoms with Gasteiger partial charge in [-0.05, 0) is 56.0 Å². The van der Waals surface area contributed by atoms with Crippen molar-refractivity contribution >= 4 is 23.2 Å². The Kier molecular flexibility index (Phi) is 6.84. The maximum absolute atomic E-state index is 12.3. The number of nitro benzene ring substituents is 1. The van der Waals surface area contributed by atoms with Gasteiger partial charge in [-0.3, -0.25) is 30.6 Å². The molecule has 3 rings (SSSR count). The number of hydrogen-bond donors (Lipinski definition) is 2. The number of carbonyl (C=O) groups excluding carboxylic acids is 2. The number of nitrogens with one attached hydrogen (secondary N) is 2. The molecule has 9 nitrogen and oxygen atoms in total. The van der Waals surface area contributed by atoms with Crippen molar-refractivity contribution in [1.29, 1.82) is 0 Å². The molecule has 1 heterocycles. The predicted molar refractivity (Wildman–Crippen MR) is 111 cm³/mol. The Morgan fingerprint density at radius 1 is 1.10 bits per heavy atom. The first-order valence-electron chi connectivity index (χ1n) is 9.76. The monoisotopic (exact) mass is 412 g/mol. The molecule has 0 aromatic heterocycles. The molecule has 0 saturated carbocycles. The molecule has 2 aromatic rings. The fourth-order valence-corrected chi connectivity index (χ4v) is 3.30. The van der Waals surface area contributed by atoms with Crippen LogP contribution in [0, 0.1) is 17.0 Å². The molecule has 1 saturated heterocycles. The van der Waals surface area contributed by atoms with E-state index < -0.39 is 16.7 Å². The summed E-state index contributed by atoms with van der Waals surface area (Å²) in [5.74, 6) is -0.656. The van der Waals surface area contributed by atoms with Crippen molar-refractivity contribution in [2.75, 3.05) is 24.6 Å². The summed E-state index contributed by atoms with van der Waals surface area (Å²) < 4.78 is 5.36. The number of ether oxygens (including phenoxy) is 1. The number of hydrazine groups is 1. The van der Waals surface area contributed by atoms with E-state index >= 15 is 0 Å². The van der Waals surface area contributed by atoms with E-state index in [-0.39, 0.29) is 17.9 Å². The Morgan fingerprint density at radius 2 is 1.87 bits per heavy atom. The van der Waals surface area contributed by atoms with Gasteiger partial charge in [-0.15, -0.1) is 0 Å². The Hall–Kier alpha value is -3.62. The molecule has 0 bridgehead atoms. The smallest absolute Gasteiger partial charge is 0.293 e. The van der Waals surface area contributed by atoms with Crippen LogP contribution in [0.1, 0.15) is 35.2 Å². The van der Waals surface area contributed by atoms with Crippen LogP contribution in [-0.4, -0.2) is 36.4 Å². The summed E-state index contributed by atoms with van der Waals surface area (Å²) in [6, 6.07) is 11.6. The highest BCUT2D eigenvalue weighted by Crippen LogP contribution is 2.31. The van der Waals surface area contributed by atoms with Crippen molar-refractivity contribution in [3.63, 3.8) is 0 Å². The lowest BCUT2D eigenvalue weighted by atomic mass is 10.1. The number of amides is 2. The first-order valence-corrected chi connectivity index (χ1v) is 9.76. The molecule has 0 atom stereocenters. The number of nitrogens with zero attached hydrogens (tertiary/aromatic N) is 2. The van der Waals surface area contributed by atoms with E-state index in [0.29, 0.717) is 11.4 Å². The molecule has 1 aliphatic heterocycles. The van der Waals surface area contributed by atoms with Crippen molar-refractivity contribution in [1.82, 2.24) is 10.9 Å². The van der Waals surface area contributed by atoms with Gasteiger partial charge in [-0.1, -0.05) is 12.1 Å². The number of rotatable bonds is 6. The van der Waals surface area contributed by atoms with Crippen LogP contribution in [0.5, 0.6) is 5.75 Å². The summed E-state index contributed by atoms with van der Waals surface area (Å²) in [4.78, 5) is 37.2. The summed E-state index contributed by atoms with van der Waals surface area (Å²) in [5, 5.41) is 11.5. The SMILES string of the molecule is Cc1cccc(OCC(=O)NNC(=O)c2ccc(N3CCCCC3)c([N+](=O)[O-])c2)c1. The van der Waals surface area contributed by atoms with Gasteiger partial charge in [0.15, 0.2) is 6.61 Å². The molecule has 1 aliphatic rings. The molecule has 2 amide bonds. The summed E-state index contributed by atoms with van der Waals surface area (Å²) in [6.07, 6.45) is 3.07. The molecule has 2 aromatic carbocycles. The average molecular weight is 412 g/mol. The minimum Gasteiger partial charge on any atom is -0.484 e. The second-order valence-corrected chi connectivity index (χ2v) is 7.12. The maximum Gasteiger partial charge on any atom is 0.293 e. The summed E-state index contributed by atoms with van der Waals surface area (Å²) in [5.41, 5.74) is 5.97. The topological polar surface area (TPSA) is 114 Å². The summed E-state index contributed by atoms with van der Waals surface area (Å²) >= 11 is 0. The first kappa shape index (κ1) is 21.1. The van der Waals surface area contributed by atoms with E-state index in [0.717, 1.165) is 37.9 Å². The van der Waals surface area contributed by atoms with E-state index in [1.807, 2.05) is 24.0 Å². The number of piperidine rings is 1. The van der Waals surface area contributed by atoms with Crippen LogP contribution in [0.25, 0.3) is 0 Å². The lowest BCUT2D eigenvalue weighted by Crippen LogP contribution is -2.43. The number of anilines is 1. The Balaban J connectivity index is 1.58. The van der Waals surface area contributed by atoms with Crippen LogP contribution in [0.2, 0.25) is 0 Å². The van der Waals surface area contributed by atoms with Crippen LogP contribution < -0.4 is 20.5 Å². The molecule has 30 heavy (non-hydrogen) atoms. The van der Waals surface area contributed by atoms with Crippen molar-refractivity contribution in [3.8, 4) is 5.75 Å². The number of nitro groups is 1. The fraction of sp³-hybridized carbons (Fsp3) is 0.333. The number of aryl methyl sites for hydroxylation is 1. The number of carbonyl (C=O) groups is 2. The fourth-order valence-electron chi connectivity index (χ4n) is 3.30. The van der Waals surface area contributed by atoms with Crippen molar-refractivity contribution in [3.05, 3.63) is 63.7 Å². The van der Waals surface area contributed by atoms with Crippen LogP contribution in [0.3, 0.4) is 0 Å². The van der Waals surface area contributed by atoms with Gasteiger partial charge in [0.1, 0.15) is 11.4 Å². The molecular formula is C21H24N4O5. The van der Waals surface area contributed by atoms with Gasteiger partial charge in [0.25, 0.3) is 17.5 Å². The van der Waals surface area contributed by atoms with Crippen LogP contribution in [0.4, 0.5) is 11.4 Å². The highest BCUT2D eigenvalue weighted by Gasteiger charge is 2.23. The molecule has 9 heteroatoms. The van der Waals surface area contributed by atoms with Crippen molar-refractivity contribution in [2.24, 2.45) is 0 Å². The molecule has 0 radical (unpaired) electrons. The Morgan fingerprint density at radius 3 is 2.57 bits per heavy atom. The minimum atomic E-state index is -0.646. The second kappa shape index (κ2) is 9.73. The second-order valence-electron chi connectivity index (χ2n) is 7.12. The molecule has 2 N–H and O–H groups in total. The lowest BCUT2D eigenvalue weighted by molar-refractivity contribution is -0.384. The molecular weight excluding hydrogens is 388 g/mol. The molecule has 0 aliphatic carbocycles. The zero-order valence-electron chi connectivity index (χ0n) is 16.7. The normalized spacial score (nSPS) is 13.4. The van der Waals surface area contributed by atoms with Gasteiger partial charge in [0, 0.05) is 24.7 Å². The van der Waals surface area contributed by atoms with Gasteiger partial charge in [-0.2, -0.15) is 0 Å². The average Bonchev–Trinajstić information content (AvgIpc) is 2.76. The lowest BCUT2D eigenvalue weighted by Gasteiger charge is -2.28. The van der Waals surface area contributed by atoms with Crippen molar-refractivity contribution < 1.29 is 19.2 Å². The third kappa shape index (κ3) is 5.47. The van der Waals surface area contributed by atoms with Crippen LogP contribution in [-0.2, 0) is 4.79 Å². The third-order valence-corrected chi connectivity index (χ3v) is 4.81. The van der Waals surface area contributed by atoms with E-state index in [4.69, 9.17) is 4.74 Å². The first-order chi connectivity index (χ1) is 14.4. The summed E-state index contributed by atoms with van der Waals surface area (Å²) in [6.45, 7) is 3.13. The Labute approximate surface area is 174 Å². The largest absolute Gasteiger partial charge is 0.484 e. The van der Waals surface area contributed by atoms with Gasteiger partial charge >= 0.3 is 0 Å². The molecule has 0 unspecified atom stereocenters.